The van der Waals surface area contributed by atoms with Gasteiger partial charge in [-0.15, -0.1) is 9.78 Å². The summed E-state index contributed by atoms with van der Waals surface area (Å²) in [5.74, 6) is 2.44. The van der Waals surface area contributed by atoms with E-state index in [0.717, 1.165) is 28.6 Å². The van der Waals surface area contributed by atoms with E-state index in [0.29, 0.717) is 12.5 Å². The van der Waals surface area contributed by atoms with Crippen molar-refractivity contribution in [2.24, 2.45) is 4.99 Å². The molecule has 0 saturated heterocycles. The molecule has 0 spiro atoms. The number of benzene rings is 1. The Morgan fingerprint density at radius 2 is 2.08 bits per heavy atom. The molecule has 5 rings (SSSR count). The average molecular weight is 345 g/mol. The van der Waals surface area contributed by atoms with E-state index in [1.165, 1.54) is 4.68 Å². The molecular formula is C17H15N9. The van der Waals surface area contributed by atoms with E-state index in [-0.39, 0.29) is 5.92 Å². The Morgan fingerprint density at radius 1 is 1.23 bits per heavy atom. The minimum absolute atomic E-state index is 0.0886. The molecule has 9 heteroatoms. The topological polar surface area (TPSA) is 91.2 Å². The van der Waals surface area contributed by atoms with Gasteiger partial charge in [-0.05, 0) is 12.1 Å². The standard InChI is InChI=1S/C17H15N9/c1-11(2)15-17(21-22-24(15)8-18)25-10-20-16-12-5-3-4-6-13(12)23-9-19-7-14(23)26(16)25/h3-7,9,11H,10H2,1-2H3. The van der Waals surface area contributed by atoms with E-state index in [2.05, 4.69) is 27.6 Å². The first-order valence-electron chi connectivity index (χ1n) is 8.30. The highest BCUT2D eigenvalue weighted by Crippen LogP contribution is 2.37. The van der Waals surface area contributed by atoms with Crippen molar-refractivity contribution in [3.05, 3.63) is 48.0 Å². The van der Waals surface area contributed by atoms with Gasteiger partial charge in [-0.3, -0.25) is 4.57 Å². The largest absolute Gasteiger partial charge is 0.283 e. The van der Waals surface area contributed by atoms with Crippen LogP contribution in [0.1, 0.15) is 31.0 Å². The molecule has 0 aliphatic carbocycles. The Bertz CT molecular complexity index is 1080. The zero-order valence-electron chi connectivity index (χ0n) is 14.3. The molecule has 2 aliphatic heterocycles. The monoisotopic (exact) mass is 345 g/mol. The Kier molecular flexibility index (Phi) is 2.91. The van der Waals surface area contributed by atoms with Crippen molar-refractivity contribution in [2.45, 2.75) is 19.8 Å². The molecule has 0 bridgehead atoms. The lowest BCUT2D eigenvalue weighted by atomic mass is 10.1. The summed E-state index contributed by atoms with van der Waals surface area (Å²) < 4.78 is 3.30. The first-order chi connectivity index (χ1) is 12.7. The SMILES string of the molecule is CC(C)c1c(N2CN=C3c4ccccc4-n4cncc4N32)nnn1C#N. The highest BCUT2D eigenvalue weighted by molar-refractivity contribution is 6.16. The molecule has 128 valence electrons. The second-order valence-corrected chi connectivity index (χ2v) is 6.44. The average Bonchev–Trinajstić information content (AvgIpc) is 3.37. The highest BCUT2D eigenvalue weighted by atomic mass is 15.7. The number of imidazole rings is 1. The second-order valence-electron chi connectivity index (χ2n) is 6.44. The maximum Gasteiger partial charge on any atom is 0.208 e. The Hall–Kier alpha value is -3.67. The normalized spacial score (nSPS) is 14.8. The van der Waals surface area contributed by atoms with Gasteiger partial charge in [-0.1, -0.05) is 31.2 Å². The summed E-state index contributed by atoms with van der Waals surface area (Å²) >= 11 is 0. The lowest BCUT2D eigenvalue weighted by Crippen LogP contribution is -2.46. The molecule has 0 amide bonds. The van der Waals surface area contributed by atoms with E-state index >= 15 is 0 Å². The molecule has 0 radical (unpaired) electrons. The zero-order valence-corrected chi connectivity index (χ0v) is 14.3. The summed E-state index contributed by atoms with van der Waals surface area (Å²) in [6.07, 6.45) is 5.65. The maximum absolute atomic E-state index is 9.35. The minimum Gasteiger partial charge on any atom is -0.283 e. The first kappa shape index (κ1) is 14.7. The summed E-state index contributed by atoms with van der Waals surface area (Å²) in [5.41, 5.74) is 2.83. The number of hydrazine groups is 1. The Balaban J connectivity index is 1.69. The third-order valence-corrected chi connectivity index (χ3v) is 4.61. The predicted octanol–water partition coefficient (Wildman–Crippen LogP) is 1.88. The van der Waals surface area contributed by atoms with Crippen LogP contribution in [-0.4, -0.2) is 37.0 Å². The maximum atomic E-state index is 9.35. The van der Waals surface area contributed by atoms with Gasteiger partial charge in [-0.2, -0.15) is 5.26 Å². The van der Waals surface area contributed by atoms with Crippen molar-refractivity contribution < 1.29 is 0 Å². The summed E-state index contributed by atoms with van der Waals surface area (Å²) in [7, 11) is 0. The number of rotatable bonds is 2. The number of hydrogen-bond acceptors (Lipinski definition) is 7. The van der Waals surface area contributed by atoms with Gasteiger partial charge < -0.3 is 0 Å². The molecule has 2 aromatic heterocycles. The number of anilines is 2. The quantitative estimate of drug-likeness (QED) is 0.704. The van der Waals surface area contributed by atoms with E-state index in [4.69, 9.17) is 4.99 Å². The summed E-state index contributed by atoms with van der Waals surface area (Å²) in [6.45, 7) is 4.44. The zero-order chi connectivity index (χ0) is 17.8. The lowest BCUT2D eigenvalue weighted by molar-refractivity contribution is 0.723. The fourth-order valence-electron chi connectivity index (χ4n) is 3.52. The molecule has 0 unspecified atom stereocenters. The fourth-order valence-corrected chi connectivity index (χ4v) is 3.52. The van der Waals surface area contributed by atoms with E-state index in [1.54, 1.807) is 12.5 Å². The first-order valence-corrected chi connectivity index (χ1v) is 8.30. The number of fused-ring (bicyclic) bond motifs is 6. The smallest absolute Gasteiger partial charge is 0.208 e. The van der Waals surface area contributed by atoms with Crippen molar-refractivity contribution in [1.29, 1.82) is 5.26 Å². The number of aliphatic imine (C=N–C) groups is 1. The van der Waals surface area contributed by atoms with Crippen molar-refractivity contribution in [1.82, 2.24) is 24.5 Å². The Labute approximate surface area is 149 Å². The van der Waals surface area contributed by atoms with Gasteiger partial charge in [-0.25, -0.2) is 20.0 Å². The van der Waals surface area contributed by atoms with Crippen LogP contribution in [-0.2, 0) is 0 Å². The molecule has 4 heterocycles. The van der Waals surface area contributed by atoms with E-state index in [9.17, 15) is 5.26 Å². The van der Waals surface area contributed by atoms with Crippen LogP contribution < -0.4 is 10.0 Å². The van der Waals surface area contributed by atoms with Crippen LogP contribution in [0.5, 0.6) is 0 Å². The van der Waals surface area contributed by atoms with Crippen LogP contribution in [0.4, 0.5) is 11.6 Å². The minimum atomic E-state index is 0.0886. The Morgan fingerprint density at radius 3 is 2.88 bits per heavy atom. The number of nitrogens with zero attached hydrogens (tertiary/aromatic N) is 9. The van der Waals surface area contributed by atoms with E-state index in [1.807, 2.05) is 46.6 Å². The van der Waals surface area contributed by atoms with Gasteiger partial charge in [0.2, 0.25) is 6.19 Å². The number of aromatic nitrogens is 5. The van der Waals surface area contributed by atoms with Gasteiger partial charge in [0, 0.05) is 11.5 Å². The summed E-state index contributed by atoms with van der Waals surface area (Å²) in [5, 5.41) is 21.5. The van der Waals surface area contributed by atoms with E-state index < -0.39 is 0 Å². The number of hydrogen-bond donors (Lipinski definition) is 0. The molecule has 0 N–H and O–H groups in total. The van der Waals surface area contributed by atoms with Crippen LogP contribution in [0.25, 0.3) is 5.69 Å². The molecule has 26 heavy (non-hydrogen) atoms. The van der Waals surface area contributed by atoms with Crippen LogP contribution in [0.2, 0.25) is 0 Å². The van der Waals surface area contributed by atoms with Gasteiger partial charge in [0.15, 0.2) is 17.5 Å². The number of para-hydroxylation sites is 1. The molecule has 0 fully saturated rings. The molecule has 0 saturated carbocycles. The van der Waals surface area contributed by atoms with Gasteiger partial charge in [0.1, 0.15) is 18.7 Å². The van der Waals surface area contributed by atoms with Crippen LogP contribution in [0.15, 0.2) is 41.8 Å². The van der Waals surface area contributed by atoms with Crippen LogP contribution in [0, 0.1) is 11.5 Å². The van der Waals surface area contributed by atoms with Crippen LogP contribution >= 0.6 is 0 Å². The third-order valence-electron chi connectivity index (χ3n) is 4.61. The van der Waals surface area contributed by atoms with Crippen molar-refractivity contribution in [3.8, 4) is 11.9 Å². The van der Waals surface area contributed by atoms with Crippen LogP contribution in [0.3, 0.4) is 0 Å². The molecule has 1 aromatic carbocycles. The summed E-state index contributed by atoms with van der Waals surface area (Å²) in [6, 6.07) is 8.09. The molecule has 0 atom stereocenters. The third kappa shape index (κ3) is 1.78. The molecule has 9 nitrogen and oxygen atoms in total. The second kappa shape index (κ2) is 5.16. The lowest BCUT2D eigenvalue weighted by Gasteiger charge is -2.34. The summed E-state index contributed by atoms with van der Waals surface area (Å²) in [4.78, 5) is 9.05. The van der Waals surface area contributed by atoms with Crippen molar-refractivity contribution >= 4 is 17.5 Å². The molecule has 2 aliphatic rings. The molecular weight excluding hydrogens is 330 g/mol. The number of amidine groups is 1. The van der Waals surface area contributed by atoms with Gasteiger partial charge >= 0.3 is 0 Å². The van der Waals surface area contributed by atoms with Crippen molar-refractivity contribution in [3.63, 3.8) is 0 Å². The fraction of sp³-hybridized carbons (Fsp3) is 0.235. The molecule has 3 aromatic rings. The highest BCUT2D eigenvalue weighted by Gasteiger charge is 2.38. The van der Waals surface area contributed by atoms with Gasteiger partial charge in [0.25, 0.3) is 0 Å². The predicted molar refractivity (Wildman–Crippen MR) is 95.0 cm³/mol. The number of nitriles is 1. The van der Waals surface area contributed by atoms with Crippen molar-refractivity contribution in [2.75, 3.05) is 16.7 Å². The van der Waals surface area contributed by atoms with Gasteiger partial charge in [0.05, 0.1) is 11.9 Å².